The van der Waals surface area contributed by atoms with Crippen LogP contribution in [0, 0.1) is 0 Å². The molecule has 1 N–H and O–H groups in total. The van der Waals surface area contributed by atoms with Gasteiger partial charge in [0.05, 0.1) is 21.3 Å². The first-order chi connectivity index (χ1) is 8.77. The zero-order chi connectivity index (χ0) is 15.1. The van der Waals surface area contributed by atoms with Crippen LogP contribution in [0.4, 0.5) is 0 Å². The van der Waals surface area contributed by atoms with E-state index in [1.165, 1.54) is 0 Å². The minimum absolute atomic E-state index is 0.307. The number of ether oxygens (including phenoxy) is 2. The Labute approximate surface area is 121 Å². The van der Waals surface area contributed by atoms with Crippen LogP contribution in [0.25, 0.3) is 0 Å². The van der Waals surface area contributed by atoms with Gasteiger partial charge in [-0.25, -0.2) is 8.93 Å². The molecule has 0 aliphatic heterocycles. The van der Waals surface area contributed by atoms with Crippen molar-refractivity contribution >= 4 is 11.0 Å². The van der Waals surface area contributed by atoms with E-state index in [0.29, 0.717) is 13.2 Å². The average molecular weight is 293 g/mol. The Hall–Kier alpha value is 0.0300. The molecule has 0 saturated carbocycles. The minimum Gasteiger partial charge on any atom is -0.351 e. The standard InChI is InChI=1S/C14H31NO3S/c1-8-14(9-2,12(17-10-3)18-11-4)15-19(16)13(5,6)7/h12,15H,8-11H2,1-7H3/t19-/m1/s1. The lowest BCUT2D eigenvalue weighted by Gasteiger charge is -2.40. The molecular formula is C14H31NO3S. The number of nitrogens with one attached hydrogen (secondary N) is 1. The highest BCUT2D eigenvalue weighted by Gasteiger charge is 2.40. The summed E-state index contributed by atoms with van der Waals surface area (Å²) in [7, 11) is -1.14. The summed E-state index contributed by atoms with van der Waals surface area (Å²) in [6.07, 6.45) is 1.23. The van der Waals surface area contributed by atoms with Crippen molar-refractivity contribution in [2.75, 3.05) is 13.2 Å². The quantitative estimate of drug-likeness (QED) is 0.665. The second kappa shape index (κ2) is 8.35. The van der Waals surface area contributed by atoms with Gasteiger partial charge in [0.25, 0.3) is 0 Å². The van der Waals surface area contributed by atoms with Crippen LogP contribution in [-0.4, -0.2) is 34.0 Å². The van der Waals surface area contributed by atoms with Gasteiger partial charge in [0.1, 0.15) is 0 Å². The minimum atomic E-state index is -1.14. The largest absolute Gasteiger partial charge is 0.351 e. The van der Waals surface area contributed by atoms with Crippen LogP contribution < -0.4 is 4.72 Å². The number of hydrogen-bond acceptors (Lipinski definition) is 3. The highest BCUT2D eigenvalue weighted by atomic mass is 32.2. The maximum atomic E-state index is 12.4. The third kappa shape index (κ3) is 5.50. The molecule has 0 aromatic carbocycles. The lowest BCUT2D eigenvalue weighted by atomic mass is 9.93. The van der Waals surface area contributed by atoms with Gasteiger partial charge < -0.3 is 9.47 Å². The van der Waals surface area contributed by atoms with Crippen LogP contribution in [0.2, 0.25) is 0 Å². The second-order valence-electron chi connectivity index (χ2n) is 5.59. The summed E-state index contributed by atoms with van der Waals surface area (Å²) >= 11 is 0. The maximum absolute atomic E-state index is 12.4. The molecule has 0 aromatic heterocycles. The molecule has 5 heteroatoms. The third-order valence-electron chi connectivity index (χ3n) is 3.20. The fourth-order valence-corrected chi connectivity index (χ4v) is 2.84. The highest BCUT2D eigenvalue weighted by Crippen LogP contribution is 2.26. The Morgan fingerprint density at radius 1 is 1.00 bits per heavy atom. The normalized spacial score (nSPS) is 14.9. The summed E-state index contributed by atoms with van der Waals surface area (Å²) in [5, 5.41) is 0. The fourth-order valence-electron chi connectivity index (χ4n) is 1.78. The van der Waals surface area contributed by atoms with E-state index in [1.807, 2.05) is 34.6 Å². The first-order valence-electron chi connectivity index (χ1n) is 7.20. The van der Waals surface area contributed by atoms with Crippen LogP contribution >= 0.6 is 0 Å². The van der Waals surface area contributed by atoms with Crippen molar-refractivity contribution in [2.45, 2.75) is 77.9 Å². The molecule has 116 valence electrons. The van der Waals surface area contributed by atoms with Crippen molar-refractivity contribution < 1.29 is 13.7 Å². The smallest absolute Gasteiger partial charge is 0.176 e. The summed E-state index contributed by atoms with van der Waals surface area (Å²) in [4.78, 5) is 0. The first kappa shape index (κ1) is 19.0. The molecule has 0 heterocycles. The van der Waals surface area contributed by atoms with E-state index in [2.05, 4.69) is 18.6 Å². The van der Waals surface area contributed by atoms with Crippen LogP contribution in [-0.2, 0) is 20.5 Å². The van der Waals surface area contributed by atoms with Gasteiger partial charge in [-0.2, -0.15) is 0 Å². The van der Waals surface area contributed by atoms with E-state index in [0.717, 1.165) is 12.8 Å². The first-order valence-corrected chi connectivity index (χ1v) is 8.35. The predicted molar refractivity (Wildman–Crippen MR) is 81.4 cm³/mol. The predicted octanol–water partition coefficient (Wildman–Crippen LogP) is 3.00. The van der Waals surface area contributed by atoms with Crippen molar-refractivity contribution in [3.63, 3.8) is 0 Å². The molecule has 0 amide bonds. The van der Waals surface area contributed by atoms with Crippen molar-refractivity contribution in [3.05, 3.63) is 0 Å². The number of hydrogen-bond donors (Lipinski definition) is 1. The average Bonchev–Trinajstić information content (AvgIpc) is 2.34. The van der Waals surface area contributed by atoms with Crippen LogP contribution in [0.1, 0.15) is 61.3 Å². The zero-order valence-electron chi connectivity index (χ0n) is 13.5. The molecule has 0 aliphatic rings. The van der Waals surface area contributed by atoms with Crippen molar-refractivity contribution in [3.8, 4) is 0 Å². The van der Waals surface area contributed by atoms with Gasteiger partial charge in [-0.1, -0.05) is 13.8 Å². The Bertz CT molecular complexity index is 266. The summed E-state index contributed by atoms with van der Waals surface area (Å²) in [5.41, 5.74) is -0.413. The van der Waals surface area contributed by atoms with E-state index in [9.17, 15) is 4.21 Å². The van der Waals surface area contributed by atoms with Crippen molar-refractivity contribution in [2.24, 2.45) is 0 Å². The Balaban J connectivity index is 5.14. The van der Waals surface area contributed by atoms with E-state index in [-0.39, 0.29) is 11.0 Å². The molecule has 0 saturated heterocycles. The molecule has 1 atom stereocenters. The van der Waals surface area contributed by atoms with E-state index < -0.39 is 16.5 Å². The maximum Gasteiger partial charge on any atom is 0.176 e. The Morgan fingerprint density at radius 3 is 1.68 bits per heavy atom. The topological polar surface area (TPSA) is 47.6 Å². The molecule has 0 rings (SSSR count). The van der Waals surface area contributed by atoms with Gasteiger partial charge in [0.2, 0.25) is 0 Å². The van der Waals surface area contributed by atoms with Crippen molar-refractivity contribution in [1.29, 1.82) is 0 Å². The Kier molecular flexibility index (Phi) is 8.36. The third-order valence-corrected chi connectivity index (χ3v) is 4.91. The molecule has 0 unspecified atom stereocenters. The van der Waals surface area contributed by atoms with Gasteiger partial charge in [0.15, 0.2) is 6.29 Å². The summed E-state index contributed by atoms with van der Waals surface area (Å²) in [5.74, 6) is 0. The number of rotatable bonds is 9. The molecular weight excluding hydrogens is 262 g/mol. The summed E-state index contributed by atoms with van der Waals surface area (Å²) in [6.45, 7) is 15.1. The molecule has 0 spiro atoms. The van der Waals surface area contributed by atoms with E-state index in [1.54, 1.807) is 0 Å². The highest BCUT2D eigenvalue weighted by molar-refractivity contribution is 7.84. The molecule has 4 nitrogen and oxygen atoms in total. The van der Waals surface area contributed by atoms with Crippen LogP contribution in [0.5, 0.6) is 0 Å². The van der Waals surface area contributed by atoms with Crippen molar-refractivity contribution in [1.82, 2.24) is 4.72 Å². The van der Waals surface area contributed by atoms with Gasteiger partial charge >= 0.3 is 0 Å². The van der Waals surface area contributed by atoms with E-state index >= 15 is 0 Å². The molecule has 0 aliphatic carbocycles. The molecule has 0 fully saturated rings. The SMILES string of the molecule is CCOC(OCC)C(CC)(CC)N[S@](=O)C(C)(C)C. The summed E-state index contributed by atoms with van der Waals surface area (Å²) in [6, 6.07) is 0. The molecule has 0 aromatic rings. The summed E-state index contributed by atoms with van der Waals surface area (Å²) < 4.78 is 26.8. The van der Waals surface area contributed by atoms with Gasteiger partial charge in [0, 0.05) is 13.2 Å². The van der Waals surface area contributed by atoms with Gasteiger partial charge in [-0.05, 0) is 47.5 Å². The fraction of sp³-hybridized carbons (Fsp3) is 1.00. The van der Waals surface area contributed by atoms with Gasteiger partial charge in [-0.3, -0.25) is 0 Å². The lowest BCUT2D eigenvalue weighted by Crippen LogP contribution is -2.58. The molecule has 0 bridgehead atoms. The van der Waals surface area contributed by atoms with Gasteiger partial charge in [-0.15, -0.1) is 0 Å². The molecule has 0 radical (unpaired) electrons. The van der Waals surface area contributed by atoms with E-state index in [4.69, 9.17) is 9.47 Å². The van der Waals surface area contributed by atoms with Crippen LogP contribution in [0.3, 0.4) is 0 Å². The zero-order valence-corrected chi connectivity index (χ0v) is 14.4. The monoisotopic (exact) mass is 293 g/mol. The second-order valence-corrected chi connectivity index (χ2v) is 7.56. The lowest BCUT2D eigenvalue weighted by molar-refractivity contribution is -0.180. The Morgan fingerprint density at radius 2 is 1.42 bits per heavy atom. The van der Waals surface area contributed by atoms with Crippen LogP contribution in [0.15, 0.2) is 0 Å². The molecule has 19 heavy (non-hydrogen) atoms.